The van der Waals surface area contributed by atoms with Crippen LogP contribution in [0.15, 0.2) is 78.9 Å². The van der Waals surface area contributed by atoms with Crippen molar-refractivity contribution < 1.29 is 32.6 Å². The maximum Gasteiger partial charge on any atom is 0.416 e. The molecular weight excluding hydrogens is 557 g/mol. The summed E-state index contributed by atoms with van der Waals surface area (Å²) in [5.41, 5.74) is 1.54. The number of likely N-dealkylation sites (tertiary alicyclic amines) is 1. The normalized spacial score (nSPS) is 15.9. The summed E-state index contributed by atoms with van der Waals surface area (Å²) in [7, 11) is 0. The molecule has 1 fully saturated rings. The van der Waals surface area contributed by atoms with E-state index in [4.69, 9.17) is 9.84 Å². The molecule has 2 N–H and O–H groups in total. The van der Waals surface area contributed by atoms with E-state index in [0.717, 1.165) is 63.0 Å². The molecule has 0 aromatic heterocycles. The summed E-state index contributed by atoms with van der Waals surface area (Å²) < 4.78 is 44.2. The van der Waals surface area contributed by atoms with Gasteiger partial charge in [0.2, 0.25) is 0 Å². The lowest BCUT2D eigenvalue weighted by atomic mass is 9.76. The highest BCUT2D eigenvalue weighted by atomic mass is 19.4. The first-order chi connectivity index (χ1) is 20.6. The van der Waals surface area contributed by atoms with Crippen LogP contribution in [0.4, 0.5) is 13.2 Å². The third-order valence-corrected chi connectivity index (χ3v) is 8.18. The highest BCUT2D eigenvalue weighted by molar-refractivity contribution is 6.01. The molecule has 3 aromatic carbocycles. The Morgan fingerprint density at radius 3 is 2.23 bits per heavy atom. The first-order valence-corrected chi connectivity index (χ1v) is 14.7. The van der Waals surface area contributed by atoms with Crippen molar-refractivity contribution in [1.82, 2.24) is 10.2 Å². The number of esters is 1. The predicted molar refractivity (Wildman–Crippen MR) is 159 cm³/mol. The zero-order valence-electron chi connectivity index (χ0n) is 24.4. The number of hydrogen-bond donors (Lipinski definition) is 2. The monoisotopic (exact) mass is 596 g/mol. The maximum atomic E-state index is 13.2. The summed E-state index contributed by atoms with van der Waals surface area (Å²) in [6.07, 6.45) is -0.923. The molecule has 1 aliphatic rings. The lowest BCUT2D eigenvalue weighted by Crippen LogP contribution is -2.45. The number of nitrogens with zero attached hydrogens (tertiary/aromatic N) is 1. The van der Waals surface area contributed by atoms with E-state index in [1.807, 2.05) is 30.3 Å². The number of amides is 1. The highest BCUT2D eigenvalue weighted by Crippen LogP contribution is 2.34. The third-order valence-electron chi connectivity index (χ3n) is 8.18. The first kappa shape index (κ1) is 32.2. The van der Waals surface area contributed by atoms with Gasteiger partial charge in [-0.15, -0.1) is 0 Å². The van der Waals surface area contributed by atoms with E-state index >= 15 is 0 Å². The number of nitrogens with one attached hydrogen (secondary N) is 1. The molecule has 0 spiro atoms. The number of benzene rings is 3. The largest absolute Gasteiger partial charge is 0.463 e. The molecule has 6 nitrogen and oxygen atoms in total. The van der Waals surface area contributed by atoms with Gasteiger partial charge in [0.15, 0.2) is 0 Å². The van der Waals surface area contributed by atoms with Crippen molar-refractivity contribution in [2.45, 2.75) is 56.7 Å². The standard InChI is InChI=1S/C34H39F3N2O4/c1-33(24-31(41)43-23-22-40,26-8-3-2-4-9-26)18-7-19-39-20-16-28(17-21-39)38-32(42)30-11-6-5-10-29(30)25-12-14-27(15-13-25)34(35,36)37/h2-6,8-15,28,40H,7,16-24H2,1H3,(H,38,42). The van der Waals surface area contributed by atoms with Crippen molar-refractivity contribution in [2.75, 3.05) is 32.8 Å². The minimum absolute atomic E-state index is 0.000270. The lowest BCUT2D eigenvalue weighted by Gasteiger charge is -2.34. The smallest absolute Gasteiger partial charge is 0.416 e. The van der Waals surface area contributed by atoms with Crippen LogP contribution < -0.4 is 5.32 Å². The van der Waals surface area contributed by atoms with Crippen LogP contribution in [-0.2, 0) is 21.1 Å². The van der Waals surface area contributed by atoms with Gasteiger partial charge in [-0.2, -0.15) is 13.2 Å². The van der Waals surface area contributed by atoms with E-state index in [2.05, 4.69) is 17.1 Å². The number of carbonyl (C=O) groups is 2. The molecule has 9 heteroatoms. The summed E-state index contributed by atoms with van der Waals surface area (Å²) in [6.45, 7) is 4.39. The molecule has 1 saturated heterocycles. The molecular formula is C34H39F3N2O4. The Morgan fingerprint density at radius 1 is 0.930 bits per heavy atom. The molecule has 1 heterocycles. The van der Waals surface area contributed by atoms with Gasteiger partial charge in [-0.3, -0.25) is 9.59 Å². The van der Waals surface area contributed by atoms with E-state index in [0.29, 0.717) is 16.7 Å². The molecule has 4 rings (SSSR count). The number of hydrogen-bond acceptors (Lipinski definition) is 5. The summed E-state index contributed by atoms with van der Waals surface area (Å²) in [4.78, 5) is 28.0. The molecule has 1 aliphatic heterocycles. The Kier molecular flexibility index (Phi) is 11.0. The quantitative estimate of drug-likeness (QED) is 0.243. The van der Waals surface area contributed by atoms with E-state index < -0.39 is 11.7 Å². The second kappa shape index (κ2) is 14.7. The first-order valence-electron chi connectivity index (χ1n) is 14.7. The van der Waals surface area contributed by atoms with Gasteiger partial charge < -0.3 is 20.1 Å². The zero-order chi connectivity index (χ0) is 30.9. The van der Waals surface area contributed by atoms with Crippen molar-refractivity contribution in [1.29, 1.82) is 0 Å². The molecule has 1 amide bonds. The van der Waals surface area contributed by atoms with Crippen LogP contribution in [0.1, 0.15) is 60.5 Å². The average molecular weight is 597 g/mol. The van der Waals surface area contributed by atoms with Gasteiger partial charge in [-0.25, -0.2) is 0 Å². The summed E-state index contributed by atoms with van der Waals surface area (Å²) >= 11 is 0. The van der Waals surface area contributed by atoms with E-state index in [-0.39, 0.29) is 43.0 Å². The minimum atomic E-state index is -4.42. The van der Waals surface area contributed by atoms with Gasteiger partial charge in [0.25, 0.3) is 5.91 Å². The Hall–Kier alpha value is -3.69. The molecule has 1 unspecified atom stereocenters. The van der Waals surface area contributed by atoms with Crippen molar-refractivity contribution >= 4 is 11.9 Å². The van der Waals surface area contributed by atoms with Crippen molar-refractivity contribution in [3.63, 3.8) is 0 Å². The second-order valence-electron chi connectivity index (χ2n) is 11.4. The Balaban J connectivity index is 1.29. The fraction of sp³-hybridized carbons (Fsp3) is 0.412. The summed E-state index contributed by atoms with van der Waals surface area (Å²) in [6, 6.07) is 21.8. The van der Waals surface area contributed by atoms with E-state index in [1.54, 1.807) is 24.3 Å². The summed E-state index contributed by atoms with van der Waals surface area (Å²) in [5, 5.41) is 12.1. The topological polar surface area (TPSA) is 78.9 Å². The number of piperidine rings is 1. The van der Waals surface area contributed by atoms with Crippen molar-refractivity contribution in [3.8, 4) is 11.1 Å². The van der Waals surface area contributed by atoms with Gasteiger partial charge in [0.05, 0.1) is 18.6 Å². The Labute approximate surface area is 250 Å². The average Bonchev–Trinajstić information content (AvgIpc) is 3.01. The Bertz CT molecular complexity index is 1340. The van der Waals surface area contributed by atoms with Gasteiger partial charge in [0, 0.05) is 30.1 Å². The molecule has 0 radical (unpaired) electrons. The second-order valence-corrected chi connectivity index (χ2v) is 11.4. The number of carbonyl (C=O) groups excluding carboxylic acids is 2. The molecule has 230 valence electrons. The van der Waals surface area contributed by atoms with Crippen LogP contribution in [0, 0.1) is 0 Å². The van der Waals surface area contributed by atoms with Crippen LogP contribution >= 0.6 is 0 Å². The van der Waals surface area contributed by atoms with Crippen LogP contribution in [0.3, 0.4) is 0 Å². The summed E-state index contributed by atoms with van der Waals surface area (Å²) in [5.74, 6) is -0.558. The number of halogens is 3. The fourth-order valence-corrected chi connectivity index (χ4v) is 5.73. The number of aliphatic hydroxyl groups excluding tert-OH is 1. The van der Waals surface area contributed by atoms with Gasteiger partial charge in [-0.1, -0.05) is 67.6 Å². The van der Waals surface area contributed by atoms with E-state index in [9.17, 15) is 22.8 Å². The van der Waals surface area contributed by atoms with Crippen molar-refractivity contribution in [3.05, 3.63) is 95.6 Å². The molecule has 0 bridgehead atoms. The lowest BCUT2D eigenvalue weighted by molar-refractivity contribution is -0.146. The number of rotatable bonds is 12. The number of alkyl halides is 3. The SMILES string of the molecule is CC(CCCN1CCC(NC(=O)c2ccccc2-c2ccc(C(F)(F)F)cc2)CC1)(CC(=O)OCCO)c1ccccc1. The number of ether oxygens (including phenoxy) is 1. The van der Waals surface area contributed by atoms with Gasteiger partial charge in [-0.05, 0) is 67.1 Å². The van der Waals surface area contributed by atoms with E-state index in [1.165, 1.54) is 12.1 Å². The maximum absolute atomic E-state index is 13.2. The molecule has 43 heavy (non-hydrogen) atoms. The van der Waals surface area contributed by atoms with Crippen LogP contribution in [0.5, 0.6) is 0 Å². The zero-order valence-corrected chi connectivity index (χ0v) is 24.4. The molecule has 0 aliphatic carbocycles. The van der Waals surface area contributed by atoms with Crippen molar-refractivity contribution in [2.24, 2.45) is 0 Å². The van der Waals surface area contributed by atoms with Crippen LogP contribution in [0.2, 0.25) is 0 Å². The Morgan fingerprint density at radius 2 is 1.58 bits per heavy atom. The fourth-order valence-electron chi connectivity index (χ4n) is 5.73. The number of aliphatic hydroxyl groups is 1. The van der Waals surface area contributed by atoms with Gasteiger partial charge in [0.1, 0.15) is 6.61 Å². The van der Waals surface area contributed by atoms with Crippen LogP contribution in [-0.4, -0.2) is 60.8 Å². The molecule has 0 saturated carbocycles. The minimum Gasteiger partial charge on any atom is -0.463 e. The third kappa shape index (κ3) is 8.91. The molecule has 1 atom stereocenters. The molecule has 3 aromatic rings. The van der Waals surface area contributed by atoms with Gasteiger partial charge >= 0.3 is 12.1 Å². The predicted octanol–water partition coefficient (Wildman–Crippen LogP) is 6.23. The van der Waals surface area contributed by atoms with Crippen LogP contribution in [0.25, 0.3) is 11.1 Å². The highest BCUT2D eigenvalue weighted by Gasteiger charge is 2.32.